The lowest BCUT2D eigenvalue weighted by Crippen LogP contribution is -2.67. The molecular formula is C37H56O6. The third kappa shape index (κ3) is 4.85. The molecule has 43 heavy (non-hydrogen) atoms. The Labute approximate surface area is 260 Å². The molecule has 5 rings (SSSR count). The van der Waals surface area contributed by atoms with Crippen molar-refractivity contribution in [2.75, 3.05) is 13.2 Å². The topological polar surface area (TPSA) is 78.9 Å². The van der Waals surface area contributed by atoms with Crippen molar-refractivity contribution in [3.05, 3.63) is 0 Å². The molecule has 0 unspecified atom stereocenters. The molecule has 5 fully saturated rings. The molecule has 240 valence electrons. The first-order chi connectivity index (χ1) is 20.1. The molecule has 5 aliphatic rings. The van der Waals surface area contributed by atoms with Gasteiger partial charge in [-0.3, -0.25) is 14.4 Å². The number of carbonyl (C=O) groups is 3. The summed E-state index contributed by atoms with van der Waals surface area (Å²) in [5.41, 5.74) is 0.328. The van der Waals surface area contributed by atoms with Crippen LogP contribution >= 0.6 is 0 Å². The number of hydrogen-bond donors (Lipinski definition) is 0. The largest absolute Gasteiger partial charge is 0.465 e. The summed E-state index contributed by atoms with van der Waals surface area (Å²) in [6, 6.07) is 0. The van der Waals surface area contributed by atoms with Crippen LogP contribution in [-0.2, 0) is 28.6 Å². The van der Waals surface area contributed by atoms with E-state index in [9.17, 15) is 14.4 Å². The highest BCUT2D eigenvalue weighted by atomic mass is 16.5. The van der Waals surface area contributed by atoms with E-state index in [2.05, 4.69) is 40.5 Å². The van der Waals surface area contributed by atoms with Crippen molar-refractivity contribution < 1.29 is 28.6 Å². The van der Waals surface area contributed by atoms with Crippen LogP contribution in [0.1, 0.15) is 120 Å². The fourth-order valence-corrected chi connectivity index (χ4v) is 12.7. The second-order valence-corrected chi connectivity index (χ2v) is 16.6. The van der Waals surface area contributed by atoms with E-state index in [1.165, 1.54) is 19.8 Å². The molecular weight excluding hydrogens is 540 g/mol. The Bertz CT molecular complexity index is 1170. The number of rotatable bonds is 6. The first-order valence-electron chi connectivity index (χ1n) is 17.0. The van der Waals surface area contributed by atoms with Gasteiger partial charge in [-0.25, -0.2) is 0 Å². The predicted molar refractivity (Wildman–Crippen MR) is 165 cm³/mol. The Balaban J connectivity index is 1.49. The quantitative estimate of drug-likeness (QED) is 0.181. The van der Waals surface area contributed by atoms with Gasteiger partial charge in [0.05, 0.1) is 12.5 Å². The second-order valence-electron chi connectivity index (χ2n) is 16.6. The monoisotopic (exact) mass is 596 g/mol. The van der Waals surface area contributed by atoms with E-state index in [0.717, 1.165) is 51.4 Å². The van der Waals surface area contributed by atoms with Crippen molar-refractivity contribution in [2.45, 2.75) is 126 Å². The number of esters is 3. The van der Waals surface area contributed by atoms with Gasteiger partial charge in [-0.05, 0) is 110 Å². The Hall–Kier alpha value is -2.03. The van der Waals surface area contributed by atoms with Crippen molar-refractivity contribution in [2.24, 2.45) is 62.6 Å². The van der Waals surface area contributed by atoms with E-state index in [-0.39, 0.29) is 69.5 Å². The highest BCUT2D eigenvalue weighted by Crippen LogP contribution is 2.77. The number of fused-ring (bicyclic) bond motifs is 7. The average Bonchev–Trinajstić information content (AvgIpc) is 3.32. The first-order valence-corrected chi connectivity index (χ1v) is 17.0. The molecule has 6 heteroatoms. The van der Waals surface area contributed by atoms with E-state index in [1.54, 1.807) is 6.92 Å². The van der Waals surface area contributed by atoms with Crippen molar-refractivity contribution in [1.29, 1.82) is 0 Å². The standard InChI is InChI=1S/C37H56O6/c1-10-21-41-32(40)23(2)26-13-18-37(22-42-24(3)38)20-19-35(8)27(31(26)37)11-12-29-34(7)16-15-30(43-25(4)39)33(5,6)28(34)14-17-36(29,35)9/h1,23,26-31H,11-22H2,2-9H3/t23-,26+,27-,28+,29-,30+,31-,34+,35-,36-,37-/m1/s1. The van der Waals surface area contributed by atoms with Gasteiger partial charge in [0.1, 0.15) is 6.10 Å². The van der Waals surface area contributed by atoms with Gasteiger partial charge in [-0.2, -0.15) is 0 Å². The summed E-state index contributed by atoms with van der Waals surface area (Å²) in [4.78, 5) is 37.2. The minimum absolute atomic E-state index is 0.00839. The Morgan fingerprint density at radius 2 is 1.53 bits per heavy atom. The SMILES string of the molecule is C#CCOC(=O)[C@H](C)[C@@H]1CC[C@]2(COC(C)=O)CC[C@]3(C)[C@H](CC[C@@H]4[C@@]5(C)CC[C@H](OC(C)=O)C(C)(C)[C@@H]5CC[C@]43C)[C@@H]12. The van der Waals surface area contributed by atoms with Crippen LogP contribution in [-0.4, -0.2) is 37.2 Å². The van der Waals surface area contributed by atoms with Crippen LogP contribution in [0.5, 0.6) is 0 Å². The maximum atomic E-state index is 13.2. The molecule has 0 saturated heterocycles. The smallest absolute Gasteiger partial charge is 0.309 e. The minimum Gasteiger partial charge on any atom is -0.465 e. The molecule has 5 saturated carbocycles. The van der Waals surface area contributed by atoms with Crippen LogP contribution < -0.4 is 0 Å². The van der Waals surface area contributed by atoms with Crippen molar-refractivity contribution >= 4 is 17.9 Å². The van der Waals surface area contributed by atoms with E-state index in [0.29, 0.717) is 30.3 Å². The summed E-state index contributed by atoms with van der Waals surface area (Å²) >= 11 is 0. The zero-order chi connectivity index (χ0) is 31.6. The molecule has 6 nitrogen and oxygen atoms in total. The van der Waals surface area contributed by atoms with E-state index in [4.69, 9.17) is 20.6 Å². The molecule has 0 N–H and O–H groups in total. The van der Waals surface area contributed by atoms with Crippen LogP contribution in [0.3, 0.4) is 0 Å². The number of carbonyl (C=O) groups excluding carboxylic acids is 3. The van der Waals surface area contributed by atoms with Crippen molar-refractivity contribution in [3.63, 3.8) is 0 Å². The van der Waals surface area contributed by atoms with Crippen LogP contribution in [0.15, 0.2) is 0 Å². The Morgan fingerprint density at radius 1 is 0.814 bits per heavy atom. The zero-order valence-corrected chi connectivity index (χ0v) is 28.1. The van der Waals surface area contributed by atoms with Crippen molar-refractivity contribution in [1.82, 2.24) is 0 Å². The summed E-state index contributed by atoms with van der Waals surface area (Å²) in [6.07, 6.45) is 16.2. The molecule has 0 heterocycles. The summed E-state index contributed by atoms with van der Waals surface area (Å²) in [6.45, 7) is 18.0. The summed E-state index contributed by atoms with van der Waals surface area (Å²) < 4.78 is 17.2. The number of terminal acetylenes is 1. The second kappa shape index (κ2) is 11.1. The molecule has 0 radical (unpaired) electrons. The Kier molecular flexibility index (Phi) is 8.35. The molecule has 0 aromatic heterocycles. The lowest BCUT2D eigenvalue weighted by Gasteiger charge is -2.73. The summed E-state index contributed by atoms with van der Waals surface area (Å²) in [5.74, 6) is 3.67. The summed E-state index contributed by atoms with van der Waals surface area (Å²) in [5, 5.41) is 0. The van der Waals surface area contributed by atoms with Gasteiger partial charge in [0.2, 0.25) is 0 Å². The van der Waals surface area contributed by atoms with Gasteiger partial charge in [0.15, 0.2) is 6.61 Å². The minimum atomic E-state index is -0.240. The molecule has 5 aliphatic carbocycles. The molecule has 0 bridgehead atoms. The predicted octanol–water partition coefficient (Wildman–Crippen LogP) is 7.38. The fraction of sp³-hybridized carbons (Fsp3) is 0.865. The van der Waals surface area contributed by atoms with E-state index >= 15 is 0 Å². The van der Waals surface area contributed by atoms with Crippen LogP contribution in [0, 0.1) is 74.9 Å². The van der Waals surface area contributed by atoms with Gasteiger partial charge < -0.3 is 14.2 Å². The third-order valence-corrected chi connectivity index (χ3v) is 14.8. The highest BCUT2D eigenvalue weighted by molar-refractivity contribution is 5.72. The number of hydrogen-bond acceptors (Lipinski definition) is 6. The van der Waals surface area contributed by atoms with Crippen LogP contribution in [0.4, 0.5) is 0 Å². The molecule has 0 amide bonds. The average molecular weight is 597 g/mol. The van der Waals surface area contributed by atoms with Crippen molar-refractivity contribution in [3.8, 4) is 12.3 Å². The number of ether oxygens (including phenoxy) is 3. The van der Waals surface area contributed by atoms with Gasteiger partial charge in [0.25, 0.3) is 0 Å². The van der Waals surface area contributed by atoms with E-state index in [1.807, 2.05) is 6.92 Å². The normalized spacial score (nSPS) is 45.2. The van der Waals surface area contributed by atoms with Crippen LogP contribution in [0.2, 0.25) is 0 Å². The lowest BCUT2D eigenvalue weighted by molar-refractivity contribution is -0.253. The molecule has 0 aromatic rings. The molecule has 0 spiro atoms. The third-order valence-electron chi connectivity index (χ3n) is 14.8. The summed E-state index contributed by atoms with van der Waals surface area (Å²) in [7, 11) is 0. The molecule has 0 aliphatic heterocycles. The fourth-order valence-electron chi connectivity index (χ4n) is 12.7. The lowest BCUT2D eigenvalue weighted by atomic mass is 9.32. The molecule has 0 aromatic carbocycles. The Morgan fingerprint density at radius 3 is 2.19 bits per heavy atom. The van der Waals surface area contributed by atoms with Gasteiger partial charge >= 0.3 is 17.9 Å². The van der Waals surface area contributed by atoms with Gasteiger partial charge in [-0.15, -0.1) is 6.42 Å². The van der Waals surface area contributed by atoms with E-state index < -0.39 is 0 Å². The maximum Gasteiger partial charge on any atom is 0.309 e. The molecule has 11 atom stereocenters. The zero-order valence-electron chi connectivity index (χ0n) is 28.1. The first kappa shape index (κ1) is 32.4. The van der Waals surface area contributed by atoms with Crippen LogP contribution in [0.25, 0.3) is 0 Å². The maximum absolute atomic E-state index is 13.2. The van der Waals surface area contributed by atoms with Gasteiger partial charge in [-0.1, -0.05) is 47.5 Å². The van der Waals surface area contributed by atoms with Gasteiger partial charge in [0, 0.05) is 24.7 Å². The highest BCUT2D eigenvalue weighted by Gasteiger charge is 2.71.